The molecule has 0 aromatic carbocycles. The third-order valence-electron chi connectivity index (χ3n) is 6.67. The topological polar surface area (TPSA) is 0 Å². The van der Waals surface area contributed by atoms with Crippen LogP contribution in [0.5, 0.6) is 0 Å². The van der Waals surface area contributed by atoms with Crippen molar-refractivity contribution in [1.29, 1.82) is 0 Å². The first-order chi connectivity index (χ1) is 13.4. The van der Waals surface area contributed by atoms with E-state index in [4.69, 9.17) is 0 Å². The second kappa shape index (κ2) is 5.59. The van der Waals surface area contributed by atoms with Gasteiger partial charge in [0.15, 0.2) is 0 Å². The first-order valence-electron chi connectivity index (χ1n) is 10.2. The molecule has 0 aliphatic heterocycles. The lowest BCUT2D eigenvalue weighted by molar-refractivity contribution is 0.683. The van der Waals surface area contributed by atoms with Gasteiger partial charge in [0.2, 0.25) is 0 Å². The molecular weight excluding hydrogens is 324 g/mol. The van der Waals surface area contributed by atoms with E-state index in [1.165, 1.54) is 39.0 Å². The number of hydrogen-bond donors (Lipinski definition) is 0. The summed E-state index contributed by atoms with van der Waals surface area (Å²) < 4.78 is 0. The molecule has 6 rings (SSSR count). The zero-order valence-electron chi connectivity index (χ0n) is 15.5. The van der Waals surface area contributed by atoms with E-state index >= 15 is 0 Å². The highest BCUT2D eigenvalue weighted by Gasteiger charge is 2.55. The minimum Gasteiger partial charge on any atom is -0.121 e. The summed E-state index contributed by atoms with van der Waals surface area (Å²) in [5, 5.41) is 0. The van der Waals surface area contributed by atoms with E-state index in [0.717, 1.165) is 32.1 Å². The summed E-state index contributed by atoms with van der Waals surface area (Å²) in [5.74, 6) is 0. The van der Waals surface area contributed by atoms with Crippen molar-refractivity contribution in [3.8, 4) is 0 Å². The quantitative estimate of drug-likeness (QED) is 0.429. The molecule has 0 N–H and O–H groups in total. The van der Waals surface area contributed by atoms with Gasteiger partial charge in [-0.25, -0.2) is 0 Å². The van der Waals surface area contributed by atoms with Crippen LogP contribution in [0.25, 0.3) is 0 Å². The summed E-state index contributed by atoms with van der Waals surface area (Å²) in [6.45, 7) is 0. The fraction of sp³-hybridized carbons (Fsp3) is 0.222. The lowest BCUT2D eigenvalue weighted by Gasteiger charge is -2.34. The summed E-state index contributed by atoms with van der Waals surface area (Å²) in [4.78, 5) is 0. The molecule has 0 bridgehead atoms. The van der Waals surface area contributed by atoms with Gasteiger partial charge in [-0.2, -0.15) is 0 Å². The molecule has 0 saturated heterocycles. The summed E-state index contributed by atoms with van der Waals surface area (Å²) in [6, 6.07) is 0. The lowest BCUT2D eigenvalue weighted by atomic mass is 9.66. The van der Waals surface area contributed by atoms with Crippen LogP contribution < -0.4 is 0 Å². The maximum Gasteiger partial charge on any atom is 0.0719 e. The maximum atomic E-state index is 3.31. The first-order valence-corrected chi connectivity index (χ1v) is 10.2. The third kappa shape index (κ3) is 1.84. The van der Waals surface area contributed by atoms with E-state index in [-0.39, 0.29) is 5.41 Å². The Morgan fingerprint density at radius 2 is 1.59 bits per heavy atom. The fourth-order valence-electron chi connectivity index (χ4n) is 5.73. The van der Waals surface area contributed by atoms with Gasteiger partial charge >= 0.3 is 0 Å². The Labute approximate surface area is 161 Å². The van der Waals surface area contributed by atoms with Crippen LogP contribution in [0.1, 0.15) is 32.1 Å². The molecule has 6 aliphatic carbocycles. The van der Waals surface area contributed by atoms with Crippen molar-refractivity contribution >= 4 is 0 Å². The molecule has 0 amide bonds. The number of allylic oxidation sites excluding steroid dienone is 19. The van der Waals surface area contributed by atoms with E-state index in [2.05, 4.69) is 78.6 Å². The van der Waals surface area contributed by atoms with Crippen LogP contribution in [0.4, 0.5) is 0 Å². The second-order valence-electron chi connectivity index (χ2n) is 7.92. The van der Waals surface area contributed by atoms with Crippen LogP contribution >= 0.6 is 0 Å². The molecule has 1 atom stereocenters. The SMILES string of the molecule is C1=CC=C2C(=CC=1)C1(C3=CCCC=C3C3=C1C=CCC=C3)C1=C2CCC=C1. The smallest absolute Gasteiger partial charge is 0.0719 e. The monoisotopic (exact) mass is 346 g/mol. The highest BCUT2D eigenvalue weighted by atomic mass is 14.6. The summed E-state index contributed by atoms with van der Waals surface area (Å²) in [5.41, 5.74) is 15.0. The van der Waals surface area contributed by atoms with Gasteiger partial charge in [0.25, 0.3) is 0 Å². The van der Waals surface area contributed by atoms with Gasteiger partial charge in [-0.3, -0.25) is 0 Å². The van der Waals surface area contributed by atoms with Crippen molar-refractivity contribution in [2.45, 2.75) is 32.1 Å². The van der Waals surface area contributed by atoms with Gasteiger partial charge in [-0.1, -0.05) is 48.6 Å². The molecule has 0 aromatic rings. The zero-order valence-corrected chi connectivity index (χ0v) is 15.5. The molecule has 1 spiro atoms. The Morgan fingerprint density at radius 3 is 2.59 bits per heavy atom. The van der Waals surface area contributed by atoms with Crippen LogP contribution in [0.3, 0.4) is 0 Å². The summed E-state index contributed by atoms with van der Waals surface area (Å²) in [6.07, 6.45) is 33.6. The normalized spacial score (nSPS) is 29.6. The molecular formula is C27H22. The molecule has 6 aliphatic rings. The average Bonchev–Trinajstić information content (AvgIpc) is 2.94. The molecule has 0 radical (unpaired) electrons. The summed E-state index contributed by atoms with van der Waals surface area (Å²) >= 11 is 0. The van der Waals surface area contributed by atoms with Crippen LogP contribution in [-0.2, 0) is 0 Å². The van der Waals surface area contributed by atoms with E-state index in [0.29, 0.717) is 0 Å². The fourth-order valence-corrected chi connectivity index (χ4v) is 5.73. The molecule has 0 nitrogen and oxygen atoms in total. The van der Waals surface area contributed by atoms with E-state index < -0.39 is 0 Å². The molecule has 27 heavy (non-hydrogen) atoms. The lowest BCUT2D eigenvalue weighted by Crippen LogP contribution is -2.25. The zero-order chi connectivity index (χ0) is 17.8. The van der Waals surface area contributed by atoms with Crippen LogP contribution in [0, 0.1) is 5.41 Å². The highest BCUT2D eigenvalue weighted by Crippen LogP contribution is 2.68. The van der Waals surface area contributed by atoms with Gasteiger partial charge in [0, 0.05) is 0 Å². The Hall–Kier alpha value is -2.82. The van der Waals surface area contributed by atoms with Crippen molar-refractivity contribution in [2.24, 2.45) is 5.41 Å². The predicted octanol–water partition coefficient (Wildman–Crippen LogP) is 6.68. The van der Waals surface area contributed by atoms with Gasteiger partial charge < -0.3 is 0 Å². The van der Waals surface area contributed by atoms with Crippen molar-refractivity contribution in [3.05, 3.63) is 123 Å². The third-order valence-corrected chi connectivity index (χ3v) is 6.67. The van der Waals surface area contributed by atoms with E-state index in [9.17, 15) is 0 Å². The Bertz CT molecular complexity index is 1100. The van der Waals surface area contributed by atoms with E-state index in [1.54, 1.807) is 5.57 Å². The van der Waals surface area contributed by atoms with Crippen LogP contribution in [0.2, 0.25) is 0 Å². The average molecular weight is 346 g/mol. The van der Waals surface area contributed by atoms with Gasteiger partial charge in [-0.15, -0.1) is 5.73 Å². The molecule has 0 saturated carbocycles. The van der Waals surface area contributed by atoms with Gasteiger partial charge in [-0.05, 0) is 101 Å². The van der Waals surface area contributed by atoms with Crippen LogP contribution in [-0.4, -0.2) is 0 Å². The highest BCUT2D eigenvalue weighted by molar-refractivity contribution is 5.85. The molecule has 130 valence electrons. The molecule has 0 aromatic heterocycles. The second-order valence-corrected chi connectivity index (χ2v) is 7.92. The van der Waals surface area contributed by atoms with Crippen molar-refractivity contribution in [3.63, 3.8) is 0 Å². The summed E-state index contributed by atoms with van der Waals surface area (Å²) in [7, 11) is 0. The predicted molar refractivity (Wildman–Crippen MR) is 112 cm³/mol. The van der Waals surface area contributed by atoms with E-state index in [1.807, 2.05) is 0 Å². The van der Waals surface area contributed by atoms with Crippen molar-refractivity contribution in [2.75, 3.05) is 0 Å². The standard InChI is InChI=1S/C27H22/c1-3-11-19-21-13-7-9-17-25(21)27(23(19)15-5-1)24-16-6-2-4-12-20(24)22-14-8-10-18-26(22)27/h3-6,10-13,15-18H,1,7-9,14H2. The number of hydrogen-bond acceptors (Lipinski definition) is 0. The maximum absolute atomic E-state index is 3.31. The first kappa shape index (κ1) is 15.3. The Morgan fingerprint density at radius 1 is 0.741 bits per heavy atom. The van der Waals surface area contributed by atoms with Crippen LogP contribution in [0.15, 0.2) is 123 Å². The molecule has 1 unspecified atom stereocenters. The minimum atomic E-state index is -0.138. The largest absolute Gasteiger partial charge is 0.121 e. The molecule has 0 fully saturated rings. The Balaban J connectivity index is 1.76. The number of fused-ring (bicyclic) bond motifs is 8. The minimum absolute atomic E-state index is 0.138. The number of rotatable bonds is 0. The molecule has 0 heterocycles. The van der Waals surface area contributed by atoms with Crippen molar-refractivity contribution < 1.29 is 0 Å². The Kier molecular flexibility index (Phi) is 3.16. The van der Waals surface area contributed by atoms with Crippen molar-refractivity contribution in [1.82, 2.24) is 0 Å². The van der Waals surface area contributed by atoms with Gasteiger partial charge in [0.1, 0.15) is 0 Å². The van der Waals surface area contributed by atoms with Gasteiger partial charge in [0.05, 0.1) is 5.41 Å². The molecule has 0 heteroatoms.